The summed E-state index contributed by atoms with van der Waals surface area (Å²) < 4.78 is 13.3. The second kappa shape index (κ2) is 3.62. The van der Waals surface area contributed by atoms with Gasteiger partial charge in [-0.2, -0.15) is 0 Å². The highest BCUT2D eigenvalue weighted by atomic mass is 19.1. The molecule has 0 spiro atoms. The summed E-state index contributed by atoms with van der Waals surface area (Å²) in [7, 11) is 0. The van der Waals surface area contributed by atoms with Gasteiger partial charge in [0.25, 0.3) is 0 Å². The Labute approximate surface area is 95.6 Å². The van der Waals surface area contributed by atoms with Crippen LogP contribution in [0.3, 0.4) is 0 Å². The molecule has 88 valence electrons. The number of carboxylic acids is 1. The number of hydrogen-bond acceptors (Lipinski definition) is 3. The van der Waals surface area contributed by atoms with Crippen LogP contribution in [0.1, 0.15) is 15.9 Å². The molecule has 0 aromatic heterocycles. The van der Waals surface area contributed by atoms with Crippen LogP contribution in [0.25, 0.3) is 10.8 Å². The van der Waals surface area contributed by atoms with Crippen molar-refractivity contribution in [2.24, 2.45) is 0 Å². The van der Waals surface area contributed by atoms with Crippen LogP contribution in [0.4, 0.5) is 4.39 Å². The van der Waals surface area contributed by atoms with Gasteiger partial charge in [-0.3, -0.25) is 0 Å². The average molecular weight is 236 g/mol. The number of fused-ring (bicyclic) bond motifs is 1. The van der Waals surface area contributed by atoms with Crippen molar-refractivity contribution < 1.29 is 24.5 Å². The Morgan fingerprint density at radius 3 is 2.47 bits per heavy atom. The summed E-state index contributed by atoms with van der Waals surface area (Å²) in [5, 5.41) is 28.4. The number of aromatic hydroxyl groups is 2. The van der Waals surface area contributed by atoms with E-state index in [9.17, 15) is 19.4 Å². The minimum Gasteiger partial charge on any atom is -0.507 e. The van der Waals surface area contributed by atoms with E-state index in [1.54, 1.807) is 0 Å². The van der Waals surface area contributed by atoms with Gasteiger partial charge in [-0.1, -0.05) is 0 Å². The summed E-state index contributed by atoms with van der Waals surface area (Å²) in [5.74, 6) is -3.20. The lowest BCUT2D eigenvalue weighted by Crippen LogP contribution is -1.98. The van der Waals surface area contributed by atoms with Gasteiger partial charge in [-0.05, 0) is 36.1 Å². The molecule has 0 saturated heterocycles. The lowest BCUT2D eigenvalue weighted by molar-refractivity contribution is 0.0691. The average Bonchev–Trinajstić information content (AvgIpc) is 2.21. The van der Waals surface area contributed by atoms with Crippen molar-refractivity contribution in [1.82, 2.24) is 0 Å². The predicted octanol–water partition coefficient (Wildman–Crippen LogP) is 2.40. The number of benzene rings is 2. The van der Waals surface area contributed by atoms with Crippen molar-refractivity contribution >= 4 is 16.7 Å². The van der Waals surface area contributed by atoms with Crippen molar-refractivity contribution in [3.05, 3.63) is 35.1 Å². The van der Waals surface area contributed by atoms with E-state index >= 15 is 0 Å². The van der Waals surface area contributed by atoms with Gasteiger partial charge in [-0.15, -0.1) is 0 Å². The highest BCUT2D eigenvalue weighted by molar-refractivity contribution is 6.03. The Hall–Kier alpha value is -2.30. The van der Waals surface area contributed by atoms with Gasteiger partial charge in [0.15, 0.2) is 0 Å². The summed E-state index contributed by atoms with van der Waals surface area (Å²) in [6.45, 7) is 1.54. The number of phenols is 2. The van der Waals surface area contributed by atoms with E-state index in [2.05, 4.69) is 0 Å². The molecule has 0 atom stereocenters. The highest BCUT2D eigenvalue weighted by Crippen LogP contribution is 2.36. The first-order chi connectivity index (χ1) is 7.91. The monoisotopic (exact) mass is 236 g/mol. The molecule has 2 rings (SSSR count). The first-order valence-electron chi connectivity index (χ1n) is 4.80. The minimum atomic E-state index is -1.47. The fraction of sp³-hybridized carbons (Fsp3) is 0.0833. The summed E-state index contributed by atoms with van der Waals surface area (Å²) in [6, 6.07) is 3.66. The molecular weight excluding hydrogens is 227 g/mol. The SMILES string of the molecule is Cc1cc2cc(O)c(C(=O)O)c(O)c2cc1F. The molecule has 0 aliphatic rings. The first kappa shape index (κ1) is 11.2. The van der Waals surface area contributed by atoms with E-state index in [0.717, 1.165) is 6.07 Å². The first-order valence-corrected chi connectivity index (χ1v) is 4.80. The molecule has 0 aliphatic heterocycles. The quantitative estimate of drug-likeness (QED) is 0.710. The van der Waals surface area contributed by atoms with Crippen molar-refractivity contribution in [1.29, 1.82) is 0 Å². The fourth-order valence-corrected chi connectivity index (χ4v) is 1.71. The van der Waals surface area contributed by atoms with Gasteiger partial charge in [0.2, 0.25) is 0 Å². The third-order valence-electron chi connectivity index (χ3n) is 2.58. The van der Waals surface area contributed by atoms with Gasteiger partial charge >= 0.3 is 5.97 Å². The second-order valence-electron chi connectivity index (χ2n) is 3.75. The fourth-order valence-electron chi connectivity index (χ4n) is 1.71. The molecule has 2 aromatic rings. The van der Waals surface area contributed by atoms with E-state index in [-0.39, 0.29) is 5.39 Å². The minimum absolute atomic E-state index is 0.0586. The second-order valence-corrected chi connectivity index (χ2v) is 3.75. The van der Waals surface area contributed by atoms with Crippen LogP contribution >= 0.6 is 0 Å². The molecule has 0 radical (unpaired) electrons. The van der Waals surface area contributed by atoms with Crippen molar-refractivity contribution in [2.45, 2.75) is 6.92 Å². The van der Waals surface area contributed by atoms with Crippen molar-refractivity contribution in [2.75, 3.05) is 0 Å². The Morgan fingerprint density at radius 1 is 1.24 bits per heavy atom. The van der Waals surface area contributed by atoms with Gasteiger partial charge < -0.3 is 15.3 Å². The van der Waals surface area contributed by atoms with E-state index in [4.69, 9.17) is 5.11 Å². The van der Waals surface area contributed by atoms with Crippen LogP contribution in [-0.2, 0) is 0 Å². The van der Waals surface area contributed by atoms with Crippen LogP contribution in [0, 0.1) is 12.7 Å². The van der Waals surface area contributed by atoms with Crippen LogP contribution in [0.15, 0.2) is 18.2 Å². The van der Waals surface area contributed by atoms with E-state index in [1.165, 1.54) is 19.1 Å². The zero-order valence-electron chi connectivity index (χ0n) is 8.86. The third kappa shape index (κ3) is 1.65. The molecule has 17 heavy (non-hydrogen) atoms. The molecule has 0 heterocycles. The lowest BCUT2D eigenvalue weighted by Gasteiger charge is -2.08. The maximum Gasteiger partial charge on any atom is 0.343 e. The molecule has 5 heteroatoms. The topological polar surface area (TPSA) is 77.8 Å². The number of hydrogen-bond donors (Lipinski definition) is 3. The molecule has 3 N–H and O–H groups in total. The van der Waals surface area contributed by atoms with Gasteiger partial charge in [0.1, 0.15) is 22.9 Å². The number of carboxylic acid groups (broad SMARTS) is 1. The van der Waals surface area contributed by atoms with E-state index < -0.39 is 28.8 Å². The number of halogens is 1. The molecule has 0 fully saturated rings. The summed E-state index contributed by atoms with van der Waals surface area (Å²) in [4.78, 5) is 10.8. The largest absolute Gasteiger partial charge is 0.507 e. The highest BCUT2D eigenvalue weighted by Gasteiger charge is 2.19. The lowest BCUT2D eigenvalue weighted by atomic mass is 10.0. The van der Waals surface area contributed by atoms with E-state index in [0.29, 0.717) is 10.9 Å². The molecule has 0 aliphatic carbocycles. The number of rotatable bonds is 1. The molecule has 0 saturated carbocycles. The molecular formula is C12H9FO4. The van der Waals surface area contributed by atoms with Crippen LogP contribution in [0.5, 0.6) is 11.5 Å². The van der Waals surface area contributed by atoms with Crippen molar-refractivity contribution in [3.8, 4) is 11.5 Å². The Bertz CT molecular complexity index is 634. The summed E-state index contributed by atoms with van der Waals surface area (Å²) in [5.41, 5.74) is -0.278. The molecule has 4 nitrogen and oxygen atoms in total. The van der Waals surface area contributed by atoms with Crippen molar-refractivity contribution in [3.63, 3.8) is 0 Å². The van der Waals surface area contributed by atoms with Crippen LogP contribution < -0.4 is 0 Å². The van der Waals surface area contributed by atoms with E-state index in [1.807, 2.05) is 0 Å². The summed E-state index contributed by atoms with van der Waals surface area (Å²) >= 11 is 0. The summed E-state index contributed by atoms with van der Waals surface area (Å²) in [6.07, 6.45) is 0. The zero-order valence-corrected chi connectivity index (χ0v) is 8.86. The van der Waals surface area contributed by atoms with Gasteiger partial charge in [-0.25, -0.2) is 9.18 Å². The normalized spacial score (nSPS) is 10.7. The predicted molar refractivity (Wildman–Crippen MR) is 58.9 cm³/mol. The maximum atomic E-state index is 13.3. The van der Waals surface area contributed by atoms with Gasteiger partial charge in [0.05, 0.1) is 0 Å². The number of aromatic carboxylic acids is 1. The Morgan fingerprint density at radius 2 is 1.88 bits per heavy atom. The maximum absolute atomic E-state index is 13.3. The Balaban J connectivity index is 2.92. The number of carbonyl (C=O) groups is 1. The third-order valence-corrected chi connectivity index (χ3v) is 2.58. The molecule has 0 unspecified atom stereocenters. The molecule has 0 amide bonds. The van der Waals surface area contributed by atoms with Crippen LogP contribution in [-0.4, -0.2) is 21.3 Å². The molecule has 2 aromatic carbocycles. The zero-order chi connectivity index (χ0) is 12.7. The smallest absolute Gasteiger partial charge is 0.343 e. The molecule has 0 bridgehead atoms. The van der Waals surface area contributed by atoms with Gasteiger partial charge in [0, 0.05) is 5.39 Å². The van der Waals surface area contributed by atoms with Crippen LogP contribution in [0.2, 0.25) is 0 Å². The standard InChI is InChI=1S/C12H9FO4/c1-5-2-6-3-9(14)10(12(16)17)11(15)7(6)4-8(5)13/h2-4,14-15H,1H3,(H,16,17). The number of aryl methyl sites for hydroxylation is 1. The Kier molecular flexibility index (Phi) is 2.38.